The molecule has 3 aromatic rings. The van der Waals surface area contributed by atoms with Crippen molar-refractivity contribution < 1.29 is 4.39 Å². The number of nitrogens with zero attached hydrogens (tertiary/aromatic N) is 3. The van der Waals surface area contributed by atoms with Gasteiger partial charge in [0.05, 0.1) is 11.2 Å². The van der Waals surface area contributed by atoms with E-state index < -0.39 is 0 Å². The largest absolute Gasteiger partial charge is 0.383 e. The first-order valence-electron chi connectivity index (χ1n) is 10.5. The number of aromatic nitrogens is 2. The number of hydrogen-bond donors (Lipinski definition) is 3. The Kier molecular flexibility index (Phi) is 6.87. The first-order chi connectivity index (χ1) is 15.5. The summed E-state index contributed by atoms with van der Waals surface area (Å²) in [6.45, 7) is 7.13. The molecule has 2 heterocycles. The Morgan fingerprint density at radius 3 is 2.81 bits per heavy atom. The second-order valence-electron chi connectivity index (χ2n) is 7.84. The maximum absolute atomic E-state index is 13.0. The molecule has 1 aromatic heterocycles. The van der Waals surface area contributed by atoms with Gasteiger partial charge in [0.1, 0.15) is 29.0 Å². The molecule has 1 aliphatic heterocycles. The standard InChI is InChI=1S/C24H26ClFN6/c1-16(29-13-17-6-8-19(26)9-7-17)30-14-22-23(27)32(15-18-10-11-28-12-18)24(31-22)20-4-2-3-5-21(20)25/h2-9,14,18,28-29H,1,10-13,15,27H2/t18-/m0/s1. The Labute approximate surface area is 192 Å². The molecule has 0 radical (unpaired) electrons. The van der Waals surface area contributed by atoms with Crippen molar-refractivity contribution in [2.75, 3.05) is 18.8 Å². The molecule has 1 saturated heterocycles. The molecule has 6 nitrogen and oxygen atoms in total. The fourth-order valence-electron chi connectivity index (χ4n) is 3.73. The van der Waals surface area contributed by atoms with Gasteiger partial charge in [0.15, 0.2) is 0 Å². The Bertz CT molecular complexity index is 1120. The van der Waals surface area contributed by atoms with E-state index in [9.17, 15) is 4.39 Å². The predicted molar refractivity (Wildman–Crippen MR) is 128 cm³/mol. The summed E-state index contributed by atoms with van der Waals surface area (Å²) >= 11 is 6.46. The minimum atomic E-state index is -0.264. The number of imidazole rings is 1. The highest BCUT2D eigenvalue weighted by Gasteiger charge is 2.22. The van der Waals surface area contributed by atoms with Crippen LogP contribution in [0.5, 0.6) is 0 Å². The molecule has 0 aliphatic carbocycles. The lowest BCUT2D eigenvalue weighted by molar-refractivity contribution is 0.488. The number of nitrogens with one attached hydrogen (secondary N) is 2. The zero-order valence-corrected chi connectivity index (χ0v) is 18.4. The lowest BCUT2D eigenvalue weighted by atomic mass is 10.1. The molecule has 166 valence electrons. The molecule has 1 atom stereocenters. The maximum atomic E-state index is 13.0. The van der Waals surface area contributed by atoms with Crippen molar-refractivity contribution in [3.63, 3.8) is 0 Å². The van der Waals surface area contributed by atoms with Gasteiger partial charge in [-0.15, -0.1) is 0 Å². The van der Waals surface area contributed by atoms with E-state index >= 15 is 0 Å². The lowest BCUT2D eigenvalue weighted by Gasteiger charge is -2.14. The topological polar surface area (TPSA) is 80.3 Å². The molecule has 0 amide bonds. The van der Waals surface area contributed by atoms with Gasteiger partial charge in [0.2, 0.25) is 0 Å². The van der Waals surface area contributed by atoms with E-state index in [4.69, 9.17) is 22.3 Å². The number of nitrogens with two attached hydrogens (primary N) is 1. The van der Waals surface area contributed by atoms with Gasteiger partial charge in [-0.05, 0) is 55.3 Å². The van der Waals surface area contributed by atoms with Crippen LogP contribution in [0.3, 0.4) is 0 Å². The molecule has 2 aromatic carbocycles. The minimum Gasteiger partial charge on any atom is -0.383 e. The highest BCUT2D eigenvalue weighted by Crippen LogP contribution is 2.31. The zero-order valence-electron chi connectivity index (χ0n) is 17.7. The Hall–Kier alpha value is -3.16. The first kappa shape index (κ1) is 22.0. The van der Waals surface area contributed by atoms with Gasteiger partial charge >= 0.3 is 0 Å². The average molecular weight is 453 g/mol. The second kappa shape index (κ2) is 9.97. The first-order valence-corrected chi connectivity index (χ1v) is 10.9. The summed E-state index contributed by atoms with van der Waals surface area (Å²) in [6.07, 6.45) is 2.70. The Morgan fingerprint density at radius 1 is 1.31 bits per heavy atom. The molecule has 8 heteroatoms. The van der Waals surface area contributed by atoms with Crippen molar-refractivity contribution >= 4 is 23.6 Å². The average Bonchev–Trinajstić information content (AvgIpc) is 3.41. The van der Waals surface area contributed by atoms with E-state index in [1.165, 1.54) is 12.1 Å². The third-order valence-corrected chi connectivity index (χ3v) is 5.84. The smallest absolute Gasteiger partial charge is 0.143 e. The van der Waals surface area contributed by atoms with Crippen molar-refractivity contribution in [3.8, 4) is 11.4 Å². The molecule has 1 aliphatic rings. The fourth-order valence-corrected chi connectivity index (χ4v) is 3.95. The van der Waals surface area contributed by atoms with Crippen molar-refractivity contribution in [3.05, 3.63) is 83.0 Å². The number of anilines is 1. The van der Waals surface area contributed by atoms with Crippen molar-refractivity contribution in [2.45, 2.75) is 19.5 Å². The van der Waals surface area contributed by atoms with Crippen LogP contribution in [0.25, 0.3) is 11.4 Å². The summed E-state index contributed by atoms with van der Waals surface area (Å²) in [5, 5.41) is 7.12. The number of benzene rings is 2. The molecule has 4 N–H and O–H groups in total. The number of halogens is 2. The molecular weight excluding hydrogens is 427 g/mol. The molecule has 0 bridgehead atoms. The number of nitrogen functional groups attached to an aromatic ring is 1. The van der Waals surface area contributed by atoms with Crippen LogP contribution in [0.1, 0.15) is 17.7 Å². The summed E-state index contributed by atoms with van der Waals surface area (Å²) in [4.78, 5) is 9.14. The van der Waals surface area contributed by atoms with Crippen molar-refractivity contribution in [2.24, 2.45) is 10.9 Å². The van der Waals surface area contributed by atoms with Crippen LogP contribution < -0.4 is 16.4 Å². The van der Waals surface area contributed by atoms with Gasteiger partial charge in [-0.3, -0.25) is 0 Å². The van der Waals surface area contributed by atoms with E-state index in [0.717, 1.165) is 43.0 Å². The van der Waals surface area contributed by atoms with E-state index in [1.807, 2.05) is 28.8 Å². The van der Waals surface area contributed by atoms with E-state index in [-0.39, 0.29) is 5.82 Å². The van der Waals surface area contributed by atoms with E-state index in [2.05, 4.69) is 22.2 Å². The van der Waals surface area contributed by atoms with E-state index in [1.54, 1.807) is 18.3 Å². The maximum Gasteiger partial charge on any atom is 0.143 e. The minimum absolute atomic E-state index is 0.264. The second-order valence-corrected chi connectivity index (χ2v) is 8.25. The van der Waals surface area contributed by atoms with Crippen LogP contribution in [0.4, 0.5) is 10.2 Å². The molecule has 0 saturated carbocycles. The highest BCUT2D eigenvalue weighted by molar-refractivity contribution is 6.33. The quantitative estimate of drug-likeness (QED) is 0.447. The molecule has 1 fully saturated rings. The Morgan fingerprint density at radius 2 is 2.09 bits per heavy atom. The monoisotopic (exact) mass is 452 g/mol. The summed E-state index contributed by atoms with van der Waals surface area (Å²) < 4.78 is 15.1. The van der Waals surface area contributed by atoms with Crippen LogP contribution in [0.2, 0.25) is 5.02 Å². The van der Waals surface area contributed by atoms with Gasteiger partial charge in [-0.25, -0.2) is 14.4 Å². The summed E-state index contributed by atoms with van der Waals surface area (Å²) in [7, 11) is 0. The van der Waals surface area contributed by atoms with Gasteiger partial charge in [0, 0.05) is 18.7 Å². The van der Waals surface area contributed by atoms with Crippen LogP contribution in [0.15, 0.2) is 65.9 Å². The normalized spacial score (nSPS) is 16.0. The SMILES string of the molecule is C=C(N=Cc1nc(-c2ccccc2Cl)n(C[C@H]2CCNC2)c1N)NCc1ccc(F)cc1. The lowest BCUT2D eigenvalue weighted by Crippen LogP contribution is -2.16. The molecule has 0 unspecified atom stereocenters. The molecule has 0 spiro atoms. The van der Waals surface area contributed by atoms with Gasteiger partial charge < -0.3 is 20.9 Å². The number of aliphatic imine (C=N–C) groups is 1. The number of rotatable bonds is 8. The van der Waals surface area contributed by atoms with Crippen LogP contribution >= 0.6 is 11.6 Å². The Balaban J connectivity index is 1.54. The summed E-state index contributed by atoms with van der Waals surface area (Å²) in [6, 6.07) is 13.9. The van der Waals surface area contributed by atoms with Gasteiger partial charge in [-0.2, -0.15) is 0 Å². The van der Waals surface area contributed by atoms with Crippen molar-refractivity contribution in [1.82, 2.24) is 20.2 Å². The van der Waals surface area contributed by atoms with Gasteiger partial charge in [-0.1, -0.05) is 42.4 Å². The highest BCUT2D eigenvalue weighted by atomic mass is 35.5. The van der Waals surface area contributed by atoms with E-state index in [0.29, 0.717) is 34.8 Å². The van der Waals surface area contributed by atoms with Crippen LogP contribution in [-0.4, -0.2) is 28.9 Å². The van der Waals surface area contributed by atoms with Crippen molar-refractivity contribution in [1.29, 1.82) is 0 Å². The van der Waals surface area contributed by atoms with Gasteiger partial charge in [0.25, 0.3) is 0 Å². The molecular formula is C24H26ClFN6. The third-order valence-electron chi connectivity index (χ3n) is 5.51. The third kappa shape index (κ3) is 5.18. The predicted octanol–water partition coefficient (Wildman–Crippen LogP) is 4.21. The summed E-state index contributed by atoms with van der Waals surface area (Å²) in [5.74, 6) is 1.94. The van der Waals surface area contributed by atoms with Crippen LogP contribution in [-0.2, 0) is 13.1 Å². The van der Waals surface area contributed by atoms with Crippen LogP contribution in [0, 0.1) is 11.7 Å². The molecule has 32 heavy (non-hydrogen) atoms. The molecule has 4 rings (SSSR count). The summed E-state index contributed by atoms with van der Waals surface area (Å²) in [5.41, 5.74) is 8.82. The fraction of sp³-hybridized carbons (Fsp3) is 0.250. The zero-order chi connectivity index (χ0) is 22.5. The number of hydrogen-bond acceptors (Lipinski definition) is 5.